The highest BCUT2D eigenvalue weighted by Crippen LogP contribution is 2.29. The molecule has 4 aromatic rings. The molecule has 5 rings (SSSR count). The zero-order valence-corrected chi connectivity index (χ0v) is 19.2. The molecule has 1 saturated carbocycles. The summed E-state index contributed by atoms with van der Waals surface area (Å²) in [5.41, 5.74) is 8.86. The van der Waals surface area contributed by atoms with Crippen LogP contribution in [0.25, 0.3) is 16.8 Å². The van der Waals surface area contributed by atoms with Crippen LogP contribution in [0.15, 0.2) is 48.0 Å². The van der Waals surface area contributed by atoms with Gasteiger partial charge in [-0.05, 0) is 67.0 Å². The van der Waals surface area contributed by atoms with Crippen LogP contribution in [0.4, 0.5) is 10.3 Å². The van der Waals surface area contributed by atoms with Crippen LogP contribution in [-0.4, -0.2) is 32.5 Å². The van der Waals surface area contributed by atoms with Gasteiger partial charge in [-0.15, -0.1) is 16.4 Å². The molecule has 0 bridgehead atoms. The maximum atomic E-state index is 13.2. The molecule has 4 N–H and O–H groups in total. The Balaban J connectivity index is 1.40. The monoisotopic (exact) mass is 478 g/mol. The van der Waals surface area contributed by atoms with Crippen molar-refractivity contribution in [1.82, 2.24) is 25.2 Å². The summed E-state index contributed by atoms with van der Waals surface area (Å²) in [5, 5.41) is 12.0. The van der Waals surface area contributed by atoms with Gasteiger partial charge in [-0.2, -0.15) is 4.98 Å². The molecule has 174 valence electrons. The van der Waals surface area contributed by atoms with Crippen molar-refractivity contribution < 1.29 is 14.0 Å². The van der Waals surface area contributed by atoms with Crippen molar-refractivity contribution in [2.75, 3.05) is 5.73 Å². The van der Waals surface area contributed by atoms with E-state index < -0.39 is 0 Å². The van der Waals surface area contributed by atoms with Gasteiger partial charge in [0.1, 0.15) is 5.82 Å². The number of carbonyl (C=O) groups excluding carboxylic acids is 2. The van der Waals surface area contributed by atoms with E-state index in [2.05, 4.69) is 20.7 Å². The number of hydrogen-bond donors (Lipinski definition) is 3. The first-order valence-corrected chi connectivity index (χ1v) is 11.9. The third-order valence-electron chi connectivity index (χ3n) is 6.01. The Labute approximate surface area is 199 Å². The number of rotatable bonds is 6. The molecule has 3 aromatic heterocycles. The first-order valence-electron chi connectivity index (χ1n) is 11.0. The maximum Gasteiger partial charge on any atom is 0.261 e. The molecule has 0 unspecified atom stereocenters. The Bertz CT molecular complexity index is 1380. The van der Waals surface area contributed by atoms with Crippen molar-refractivity contribution in [3.05, 3.63) is 69.8 Å². The van der Waals surface area contributed by atoms with E-state index in [1.807, 2.05) is 12.3 Å². The number of aromatic nitrogens is 3. The van der Waals surface area contributed by atoms with Crippen molar-refractivity contribution in [3.63, 3.8) is 0 Å². The van der Waals surface area contributed by atoms with Gasteiger partial charge in [0.15, 0.2) is 5.65 Å². The smallest absolute Gasteiger partial charge is 0.261 e. The number of anilines is 1. The van der Waals surface area contributed by atoms with Crippen LogP contribution >= 0.6 is 11.3 Å². The summed E-state index contributed by atoms with van der Waals surface area (Å²) in [5.74, 6) is -0.695. The molecule has 1 aliphatic carbocycles. The number of halogens is 1. The molecule has 3 heterocycles. The average molecular weight is 479 g/mol. The molecular weight excluding hydrogens is 455 g/mol. The predicted molar refractivity (Wildman–Crippen MR) is 128 cm³/mol. The fourth-order valence-electron chi connectivity index (χ4n) is 3.85. The number of nitrogen functional groups attached to an aromatic ring is 1. The first-order chi connectivity index (χ1) is 16.4. The van der Waals surface area contributed by atoms with E-state index in [0.717, 1.165) is 36.0 Å². The standard InChI is InChI=1S/C24H23FN6O2S/c1-13(14-5-7-17(25)8-6-14)27-23(33)20-10-16(12-34-20)15-9-19(22(32)28-18-3-2-4-18)21-29-24(26)30-31(21)11-15/h5-13,18H,2-4H2,1H3,(H2,26,30)(H,27,33)(H,28,32)/t13-/m0/s1. The van der Waals surface area contributed by atoms with E-state index in [0.29, 0.717) is 16.1 Å². The summed E-state index contributed by atoms with van der Waals surface area (Å²) >= 11 is 1.30. The molecule has 0 radical (unpaired) electrons. The van der Waals surface area contributed by atoms with E-state index in [-0.39, 0.29) is 35.7 Å². The molecule has 0 spiro atoms. The summed E-state index contributed by atoms with van der Waals surface area (Å²) in [4.78, 5) is 30.5. The topological polar surface area (TPSA) is 114 Å². The van der Waals surface area contributed by atoms with Gasteiger partial charge in [0.25, 0.3) is 11.8 Å². The number of nitrogens with zero attached hydrogens (tertiary/aromatic N) is 3. The lowest BCUT2D eigenvalue weighted by atomic mass is 9.93. The Hall–Kier alpha value is -3.79. The number of nitrogens with one attached hydrogen (secondary N) is 2. The van der Waals surface area contributed by atoms with Crippen molar-refractivity contribution in [1.29, 1.82) is 0 Å². The van der Waals surface area contributed by atoms with Crippen LogP contribution in [0.2, 0.25) is 0 Å². The van der Waals surface area contributed by atoms with E-state index in [1.54, 1.807) is 30.5 Å². The van der Waals surface area contributed by atoms with Gasteiger partial charge in [-0.1, -0.05) is 12.1 Å². The van der Waals surface area contributed by atoms with E-state index in [4.69, 9.17) is 5.73 Å². The van der Waals surface area contributed by atoms with Gasteiger partial charge < -0.3 is 16.4 Å². The molecule has 1 aromatic carbocycles. The van der Waals surface area contributed by atoms with Gasteiger partial charge >= 0.3 is 0 Å². The number of benzene rings is 1. The fraction of sp³-hybridized carbons (Fsp3) is 0.250. The summed E-state index contributed by atoms with van der Waals surface area (Å²) in [7, 11) is 0. The molecule has 2 amide bonds. The van der Waals surface area contributed by atoms with Gasteiger partial charge in [0.2, 0.25) is 5.95 Å². The van der Waals surface area contributed by atoms with E-state index in [9.17, 15) is 14.0 Å². The largest absolute Gasteiger partial charge is 0.366 e. The Morgan fingerprint density at radius 2 is 1.94 bits per heavy atom. The molecule has 1 atom stereocenters. The zero-order valence-electron chi connectivity index (χ0n) is 18.4. The van der Waals surface area contributed by atoms with Gasteiger partial charge in [0.05, 0.1) is 16.5 Å². The van der Waals surface area contributed by atoms with Crippen LogP contribution in [0.3, 0.4) is 0 Å². The lowest BCUT2D eigenvalue weighted by molar-refractivity contribution is 0.0915. The molecule has 0 aliphatic heterocycles. The third-order valence-corrected chi connectivity index (χ3v) is 6.94. The highest BCUT2D eigenvalue weighted by atomic mass is 32.1. The summed E-state index contributed by atoms with van der Waals surface area (Å²) in [6.45, 7) is 1.84. The van der Waals surface area contributed by atoms with Crippen LogP contribution in [-0.2, 0) is 0 Å². The van der Waals surface area contributed by atoms with Crippen molar-refractivity contribution in [3.8, 4) is 11.1 Å². The molecule has 10 heteroatoms. The number of carbonyl (C=O) groups is 2. The Morgan fingerprint density at radius 3 is 2.65 bits per heavy atom. The number of nitrogens with two attached hydrogens (primary N) is 1. The lowest BCUT2D eigenvalue weighted by Crippen LogP contribution is -2.39. The molecule has 0 saturated heterocycles. The van der Waals surface area contributed by atoms with Gasteiger partial charge in [-0.25, -0.2) is 8.91 Å². The number of fused-ring (bicyclic) bond motifs is 1. The van der Waals surface area contributed by atoms with Crippen molar-refractivity contribution in [2.24, 2.45) is 0 Å². The predicted octanol–water partition coefficient (Wildman–Crippen LogP) is 3.95. The number of thiophene rings is 1. The third kappa shape index (κ3) is 4.36. The van der Waals surface area contributed by atoms with Crippen molar-refractivity contribution >= 4 is 34.7 Å². The highest BCUT2D eigenvalue weighted by Gasteiger charge is 2.23. The minimum Gasteiger partial charge on any atom is -0.366 e. The molecular formula is C24H23FN6O2S. The molecule has 1 fully saturated rings. The quantitative estimate of drug-likeness (QED) is 0.388. The molecule has 34 heavy (non-hydrogen) atoms. The minimum atomic E-state index is -0.322. The summed E-state index contributed by atoms with van der Waals surface area (Å²) in [6, 6.07) is 9.45. The molecule has 1 aliphatic rings. The number of amides is 2. The first kappa shape index (κ1) is 22.0. The Morgan fingerprint density at radius 1 is 1.18 bits per heavy atom. The van der Waals surface area contributed by atoms with E-state index in [1.165, 1.54) is 28.0 Å². The summed E-state index contributed by atoms with van der Waals surface area (Å²) < 4.78 is 14.7. The SMILES string of the molecule is C[C@H](NC(=O)c1cc(-c2cc(C(=O)NC3CCC3)c3nc(N)nn3c2)cs1)c1ccc(F)cc1. The van der Waals surface area contributed by atoms with Gasteiger partial charge in [-0.3, -0.25) is 9.59 Å². The zero-order chi connectivity index (χ0) is 23.8. The van der Waals surface area contributed by atoms with E-state index >= 15 is 0 Å². The minimum absolute atomic E-state index is 0.0787. The Kier molecular flexibility index (Phi) is 5.74. The van der Waals surface area contributed by atoms with Crippen LogP contribution in [0.5, 0.6) is 0 Å². The fourth-order valence-corrected chi connectivity index (χ4v) is 4.67. The second-order valence-corrected chi connectivity index (χ2v) is 9.34. The second kappa shape index (κ2) is 8.86. The number of hydrogen-bond acceptors (Lipinski definition) is 6. The highest BCUT2D eigenvalue weighted by molar-refractivity contribution is 7.12. The normalized spacial score (nSPS) is 14.5. The number of pyridine rings is 1. The van der Waals surface area contributed by atoms with Crippen LogP contribution < -0.4 is 16.4 Å². The maximum absolute atomic E-state index is 13.2. The van der Waals surface area contributed by atoms with Crippen LogP contribution in [0.1, 0.15) is 57.8 Å². The average Bonchev–Trinajstić information content (AvgIpc) is 3.42. The lowest BCUT2D eigenvalue weighted by Gasteiger charge is -2.26. The summed E-state index contributed by atoms with van der Waals surface area (Å²) in [6.07, 6.45) is 4.79. The van der Waals surface area contributed by atoms with Crippen molar-refractivity contribution in [2.45, 2.75) is 38.3 Å². The molecule has 8 nitrogen and oxygen atoms in total. The van der Waals surface area contributed by atoms with Gasteiger partial charge in [0, 0.05) is 17.8 Å². The second-order valence-electron chi connectivity index (χ2n) is 8.43. The van der Waals surface area contributed by atoms with Crippen LogP contribution in [0, 0.1) is 5.82 Å².